The summed E-state index contributed by atoms with van der Waals surface area (Å²) < 4.78 is 30.5. The minimum Gasteiger partial charge on any atom is -0.491 e. The zero-order chi connectivity index (χ0) is 17.4. The first kappa shape index (κ1) is 19.1. The first-order chi connectivity index (χ1) is 11.6. The van der Waals surface area contributed by atoms with Crippen LogP contribution in [0.1, 0.15) is 18.9 Å². The van der Waals surface area contributed by atoms with Crippen molar-refractivity contribution in [2.24, 2.45) is 0 Å². The number of ether oxygens (including phenoxy) is 1. The Hall–Kier alpha value is -1.24. The lowest BCUT2D eigenvalue weighted by molar-refractivity contribution is 0.0662. The number of benzene rings is 1. The monoisotopic (exact) mass is 342 g/mol. The lowest BCUT2D eigenvalue weighted by atomic mass is 10.2. The molecule has 0 radical (unpaired) electrons. The fraction of sp³-hybridized carbons (Fsp3) is 0.667. The number of aryl methyl sites for hydroxylation is 1. The zero-order valence-electron chi connectivity index (χ0n) is 14.3. The molecule has 136 valence electrons. The van der Waals surface area contributed by atoms with Gasteiger partial charge in [0.05, 0.1) is 6.54 Å². The molecule has 1 unspecified atom stereocenters. The second-order valence-electron chi connectivity index (χ2n) is 6.31. The Morgan fingerprint density at radius 3 is 2.25 bits per heavy atom. The van der Waals surface area contributed by atoms with Crippen molar-refractivity contribution in [2.75, 3.05) is 45.9 Å². The van der Waals surface area contributed by atoms with Crippen LogP contribution in [0.2, 0.25) is 0 Å². The van der Waals surface area contributed by atoms with E-state index in [-0.39, 0.29) is 13.2 Å². The van der Waals surface area contributed by atoms with Crippen LogP contribution in [0.25, 0.3) is 0 Å². The van der Waals surface area contributed by atoms with Crippen molar-refractivity contribution in [3.8, 4) is 5.75 Å². The molecule has 0 aromatic heterocycles. The van der Waals surface area contributed by atoms with Gasteiger partial charge < -0.3 is 9.84 Å². The van der Waals surface area contributed by atoms with Crippen LogP contribution >= 0.6 is 0 Å². The van der Waals surface area contributed by atoms with E-state index in [4.69, 9.17) is 4.74 Å². The average molecular weight is 342 g/mol. The number of hydrogen-bond donors (Lipinski definition) is 1. The van der Waals surface area contributed by atoms with Gasteiger partial charge in [0.15, 0.2) is 0 Å². The Kier molecular flexibility index (Phi) is 7.88. The Labute approximate surface area is 143 Å². The molecule has 0 bridgehead atoms. The number of aliphatic hydroxyl groups is 1. The summed E-state index contributed by atoms with van der Waals surface area (Å²) in [5.41, 5.74) is 1.25. The Morgan fingerprint density at radius 2 is 1.67 bits per heavy atom. The van der Waals surface area contributed by atoms with E-state index in [1.165, 1.54) is 5.56 Å². The van der Waals surface area contributed by atoms with Crippen LogP contribution in [-0.4, -0.2) is 73.3 Å². The van der Waals surface area contributed by atoms with Gasteiger partial charge in [0.25, 0.3) is 6.43 Å². The summed E-state index contributed by atoms with van der Waals surface area (Å²) in [4.78, 5) is 3.92. The van der Waals surface area contributed by atoms with Gasteiger partial charge in [-0.15, -0.1) is 0 Å². The molecule has 1 N–H and O–H groups in total. The Bertz CT molecular complexity index is 471. The van der Waals surface area contributed by atoms with Gasteiger partial charge in [0.2, 0.25) is 0 Å². The van der Waals surface area contributed by atoms with E-state index in [2.05, 4.69) is 11.8 Å². The highest BCUT2D eigenvalue weighted by atomic mass is 19.3. The molecule has 1 aliphatic heterocycles. The summed E-state index contributed by atoms with van der Waals surface area (Å²) in [6.07, 6.45) is -1.04. The van der Waals surface area contributed by atoms with Crippen LogP contribution in [0.3, 0.4) is 0 Å². The second-order valence-corrected chi connectivity index (χ2v) is 6.31. The average Bonchev–Trinajstić information content (AvgIpc) is 2.78. The van der Waals surface area contributed by atoms with Gasteiger partial charge in [0, 0.05) is 19.6 Å². The maximum absolute atomic E-state index is 12.5. The number of aliphatic hydroxyl groups excluding tert-OH is 1. The predicted molar refractivity (Wildman–Crippen MR) is 90.8 cm³/mol. The SMILES string of the molecule is CCc1ccc(OCC(O)CN2CCCN(CC(F)F)CC2)cc1. The topological polar surface area (TPSA) is 35.9 Å². The summed E-state index contributed by atoms with van der Waals surface area (Å²) in [7, 11) is 0. The molecule has 0 aliphatic carbocycles. The number of rotatable bonds is 8. The summed E-state index contributed by atoms with van der Waals surface area (Å²) in [5.74, 6) is 0.755. The summed E-state index contributed by atoms with van der Waals surface area (Å²) in [6, 6.07) is 7.88. The fourth-order valence-corrected chi connectivity index (χ4v) is 2.95. The minimum atomic E-state index is -2.28. The molecule has 0 spiro atoms. The van der Waals surface area contributed by atoms with Crippen LogP contribution in [-0.2, 0) is 6.42 Å². The normalized spacial score (nSPS) is 18.5. The van der Waals surface area contributed by atoms with E-state index in [1.54, 1.807) is 4.90 Å². The lowest BCUT2D eigenvalue weighted by Crippen LogP contribution is -2.38. The van der Waals surface area contributed by atoms with Crippen molar-refractivity contribution in [2.45, 2.75) is 32.3 Å². The predicted octanol–water partition coefficient (Wildman–Crippen LogP) is 2.26. The molecule has 1 atom stereocenters. The molecule has 0 saturated carbocycles. The second kappa shape index (κ2) is 9.91. The fourth-order valence-electron chi connectivity index (χ4n) is 2.95. The van der Waals surface area contributed by atoms with E-state index in [1.807, 2.05) is 24.3 Å². The third-order valence-electron chi connectivity index (χ3n) is 4.32. The van der Waals surface area contributed by atoms with Crippen LogP contribution in [0.4, 0.5) is 8.78 Å². The van der Waals surface area contributed by atoms with Crippen LogP contribution in [0.15, 0.2) is 24.3 Å². The zero-order valence-corrected chi connectivity index (χ0v) is 14.3. The van der Waals surface area contributed by atoms with Gasteiger partial charge in [-0.3, -0.25) is 9.80 Å². The standard InChI is InChI=1S/C18H28F2N2O2/c1-2-15-4-6-17(7-5-15)24-14-16(23)12-21-8-3-9-22(11-10-21)13-18(19)20/h4-7,16,18,23H,2-3,8-14H2,1H3. The van der Waals surface area contributed by atoms with E-state index in [0.29, 0.717) is 26.2 Å². The maximum atomic E-state index is 12.5. The molecule has 1 heterocycles. The lowest BCUT2D eigenvalue weighted by Gasteiger charge is -2.24. The minimum absolute atomic E-state index is 0.159. The van der Waals surface area contributed by atoms with Crippen molar-refractivity contribution in [3.05, 3.63) is 29.8 Å². The third kappa shape index (κ3) is 6.71. The molecule has 1 aromatic rings. The van der Waals surface area contributed by atoms with Crippen LogP contribution < -0.4 is 4.74 Å². The molecule has 1 aliphatic rings. The van der Waals surface area contributed by atoms with E-state index in [0.717, 1.165) is 25.1 Å². The van der Waals surface area contributed by atoms with Gasteiger partial charge >= 0.3 is 0 Å². The molecule has 1 saturated heterocycles. The summed E-state index contributed by atoms with van der Waals surface area (Å²) >= 11 is 0. The number of alkyl halides is 2. The van der Waals surface area contributed by atoms with Crippen molar-refractivity contribution in [1.29, 1.82) is 0 Å². The third-order valence-corrected chi connectivity index (χ3v) is 4.32. The quantitative estimate of drug-likeness (QED) is 0.786. The van der Waals surface area contributed by atoms with Gasteiger partial charge in [-0.2, -0.15) is 0 Å². The molecular weight excluding hydrogens is 314 g/mol. The first-order valence-electron chi connectivity index (χ1n) is 8.69. The highest BCUT2D eigenvalue weighted by Crippen LogP contribution is 2.13. The van der Waals surface area contributed by atoms with Gasteiger partial charge in [-0.05, 0) is 43.6 Å². The molecule has 2 rings (SSSR count). The van der Waals surface area contributed by atoms with Crippen LogP contribution in [0.5, 0.6) is 5.75 Å². The van der Waals surface area contributed by atoms with Crippen molar-refractivity contribution in [3.63, 3.8) is 0 Å². The molecule has 1 fully saturated rings. The molecule has 0 amide bonds. The number of hydrogen-bond acceptors (Lipinski definition) is 4. The highest BCUT2D eigenvalue weighted by Gasteiger charge is 2.19. The number of β-amino-alcohol motifs (C(OH)–C–C–N with tert-alkyl or cyclic N) is 1. The largest absolute Gasteiger partial charge is 0.491 e. The number of halogens is 2. The molecule has 4 nitrogen and oxygen atoms in total. The highest BCUT2D eigenvalue weighted by molar-refractivity contribution is 5.27. The van der Waals surface area contributed by atoms with Gasteiger partial charge in [0.1, 0.15) is 18.5 Å². The Balaban J connectivity index is 1.70. The van der Waals surface area contributed by atoms with E-state index >= 15 is 0 Å². The van der Waals surface area contributed by atoms with Crippen molar-refractivity contribution < 1.29 is 18.6 Å². The van der Waals surface area contributed by atoms with Gasteiger partial charge in [-0.1, -0.05) is 19.1 Å². The van der Waals surface area contributed by atoms with Gasteiger partial charge in [-0.25, -0.2) is 8.78 Å². The van der Waals surface area contributed by atoms with E-state index < -0.39 is 12.5 Å². The van der Waals surface area contributed by atoms with Crippen molar-refractivity contribution >= 4 is 0 Å². The smallest absolute Gasteiger partial charge is 0.251 e. The maximum Gasteiger partial charge on any atom is 0.251 e. The molecular formula is C18H28F2N2O2. The number of nitrogens with zero attached hydrogens (tertiary/aromatic N) is 2. The van der Waals surface area contributed by atoms with Crippen molar-refractivity contribution in [1.82, 2.24) is 9.80 Å². The molecule has 24 heavy (non-hydrogen) atoms. The van der Waals surface area contributed by atoms with Crippen LogP contribution in [0, 0.1) is 0 Å². The summed E-state index contributed by atoms with van der Waals surface area (Å²) in [6.45, 7) is 5.53. The molecule has 6 heteroatoms. The first-order valence-corrected chi connectivity index (χ1v) is 8.69. The molecule has 1 aromatic carbocycles. The summed E-state index contributed by atoms with van der Waals surface area (Å²) in [5, 5.41) is 10.2. The Morgan fingerprint density at radius 1 is 1.04 bits per heavy atom. The van der Waals surface area contributed by atoms with E-state index in [9.17, 15) is 13.9 Å².